The Morgan fingerprint density at radius 1 is 0.570 bits per heavy atom. The Balaban J connectivity index is 0.000000153. The Morgan fingerprint density at radius 3 is 1.56 bits per heavy atom. The lowest BCUT2D eigenvalue weighted by atomic mass is 9.77. The van der Waals surface area contributed by atoms with Gasteiger partial charge in [0.1, 0.15) is 89.1 Å². The van der Waals surface area contributed by atoms with Crippen LogP contribution in [0, 0.1) is 30.5 Å². The number of nitrogens with two attached hydrogens (primary N) is 3. The number of pyridine rings is 4. The van der Waals surface area contributed by atoms with Gasteiger partial charge in [0.2, 0.25) is 0 Å². The molecular weight excluding hydrogens is 1330 g/mol. The van der Waals surface area contributed by atoms with Gasteiger partial charge >= 0.3 is 19.8 Å². The maximum Gasteiger partial charge on any atom is 0.387 e. The molecule has 6 aliphatic heterocycles. The minimum absolute atomic E-state index is 0.00251. The second-order valence-electron chi connectivity index (χ2n) is 21.9. The highest BCUT2D eigenvalue weighted by atomic mass is 32.2. The fraction of sp³-hybridized carbons (Fsp3) is 0.439. The summed E-state index contributed by atoms with van der Waals surface area (Å²) in [6.07, 6.45) is 7.36. The average molecular weight is 1390 g/mol. The topological polar surface area (TPSA) is 335 Å². The van der Waals surface area contributed by atoms with E-state index in [2.05, 4.69) is 65.1 Å². The van der Waals surface area contributed by atoms with Crippen molar-refractivity contribution >= 4 is 108 Å². The zero-order valence-electron chi connectivity index (χ0n) is 49.6. The minimum atomic E-state index is -3.00. The number of rotatable bonds is 15. The first-order valence-electron chi connectivity index (χ1n) is 28.4. The van der Waals surface area contributed by atoms with E-state index < -0.39 is 60.0 Å². The van der Waals surface area contributed by atoms with Gasteiger partial charge < -0.3 is 61.6 Å². The van der Waals surface area contributed by atoms with Gasteiger partial charge in [0.05, 0.1) is 62.9 Å². The highest BCUT2D eigenvalue weighted by Gasteiger charge is 2.52. The maximum atomic E-state index is 14.9. The Kier molecular flexibility index (Phi) is 21.6. The van der Waals surface area contributed by atoms with Crippen LogP contribution in [-0.4, -0.2) is 138 Å². The fourth-order valence-corrected chi connectivity index (χ4v) is 16.0. The SMILES string of the molecule is C[C@H]1C[C@H]2CSC(N)=N[C@@]2(c2nc(NC(=O)c3ccc(OC(F)F)cn3)ccc2F)CO1.C[C@H]1C[C@H]2CSC(N)=N[C@@]2(c2ncc(NC(=O)c3ccc(OC(F)F)cn3)s2)CO1.Cc1cc(OC(F)F)cnc1C(=O)Nc1csc([C@]23CO[C@@H](C)C[C@H]2CSC(N)=N3)n1. The van der Waals surface area contributed by atoms with E-state index in [0.29, 0.717) is 57.3 Å². The number of thiazole rings is 2. The lowest BCUT2D eigenvalue weighted by molar-refractivity contribution is -0.0507. The zero-order valence-corrected chi connectivity index (χ0v) is 53.7. The molecule has 9 atom stereocenters. The van der Waals surface area contributed by atoms with Crippen LogP contribution in [-0.2, 0) is 30.8 Å². The molecule has 0 spiro atoms. The van der Waals surface area contributed by atoms with Crippen LogP contribution in [0.5, 0.6) is 17.2 Å². The van der Waals surface area contributed by atoms with Crippen molar-refractivity contribution in [2.24, 2.45) is 49.9 Å². The standard InChI is InChI=1S/C20H20F3N5O3S.C19H21F2N5O3S2.C18H19F2N5O3S2/c1-10-6-11-8-32-19(24)28-20(11,9-30-10)16-13(21)3-5-15(26-16)27-17(29)14-4-2-12(7-25-14)31-18(22)23;1-9-3-12(29-17(20)21)5-23-14(9)15(27)24-13-7-30-16(25-13)19-8-28-10(2)4-11(19)6-31-18(22)26-19;1-9-4-10-7-29-17(21)25-18(10,8-27-9)15-23-6-13(30-15)24-14(26)12-3-2-11(5-22-12)28-16(19)20/h2-5,7,10-11,18H,6,8-9H2,1H3,(H2,24,28)(H,26,27,29);3,5,7,10-11,17H,4,6,8H2,1-2H3,(H2,22,26)(H,24,27);2-3,5-6,9-10,16H,4,7-8H2,1H3,(H2,21,25)(H,24,26)/t10-,11-,20-;10-,11-,19-;9-,10-,18-/m000/s1. The number of aryl methyl sites for hydroxylation is 1. The highest BCUT2D eigenvalue weighted by Crippen LogP contribution is 2.50. The number of nitrogens with zero attached hydrogens (tertiary/aromatic N) is 9. The molecule has 6 aliphatic rings. The molecule has 93 heavy (non-hydrogen) atoms. The van der Waals surface area contributed by atoms with Crippen LogP contribution in [0.25, 0.3) is 0 Å². The lowest BCUT2D eigenvalue weighted by Crippen LogP contribution is -2.50. The van der Waals surface area contributed by atoms with E-state index in [1.54, 1.807) is 18.5 Å². The number of hydrogen-bond donors (Lipinski definition) is 6. The molecule has 0 saturated carbocycles. The average Bonchev–Trinajstić information content (AvgIpc) is 1.61. The smallest absolute Gasteiger partial charge is 0.387 e. The van der Waals surface area contributed by atoms with Crippen LogP contribution in [0.2, 0.25) is 0 Å². The van der Waals surface area contributed by atoms with Crippen LogP contribution in [0.1, 0.15) is 92.8 Å². The number of aliphatic imine (C=N–C) groups is 3. The van der Waals surface area contributed by atoms with E-state index in [1.165, 1.54) is 100 Å². The number of thioether (sulfide) groups is 3. The molecule has 496 valence electrons. The van der Waals surface area contributed by atoms with Gasteiger partial charge in [-0.15, -0.1) is 11.3 Å². The van der Waals surface area contributed by atoms with Crippen molar-refractivity contribution in [3.8, 4) is 17.2 Å². The van der Waals surface area contributed by atoms with E-state index in [-0.39, 0.29) is 88.5 Å². The molecule has 6 aromatic rings. The molecule has 0 aromatic carbocycles. The van der Waals surface area contributed by atoms with Gasteiger partial charge in [-0.1, -0.05) is 46.6 Å². The van der Waals surface area contributed by atoms with E-state index in [1.807, 2.05) is 20.8 Å². The molecule has 0 aliphatic carbocycles. The highest BCUT2D eigenvalue weighted by molar-refractivity contribution is 8.14. The van der Waals surface area contributed by atoms with Crippen molar-refractivity contribution in [3.63, 3.8) is 0 Å². The summed E-state index contributed by atoms with van der Waals surface area (Å²) in [6.45, 7) is -0.412. The third-order valence-corrected chi connectivity index (χ3v) is 20.4. The van der Waals surface area contributed by atoms with Crippen LogP contribution in [0.4, 0.5) is 47.4 Å². The molecule has 3 amide bonds. The summed E-state index contributed by atoms with van der Waals surface area (Å²) in [7, 11) is 0. The van der Waals surface area contributed by atoms with Crippen LogP contribution >= 0.6 is 58.0 Å². The Labute approximate surface area is 547 Å². The molecule has 9 N–H and O–H groups in total. The number of fused-ring (bicyclic) bond motifs is 3. The predicted molar refractivity (Wildman–Crippen MR) is 337 cm³/mol. The van der Waals surface area contributed by atoms with Gasteiger partial charge in [0.15, 0.2) is 15.5 Å². The third-order valence-electron chi connectivity index (χ3n) is 15.5. The summed E-state index contributed by atoms with van der Waals surface area (Å²) < 4.78 is 119. The molecule has 24 nitrogen and oxygen atoms in total. The number of carbonyl (C=O) groups excluding carboxylic acids is 3. The largest absolute Gasteiger partial charge is 0.433 e. The number of hydrogen-bond acceptors (Lipinski definition) is 26. The Morgan fingerprint density at radius 2 is 1.04 bits per heavy atom. The molecule has 12 rings (SSSR count). The minimum Gasteiger partial charge on any atom is -0.433 e. The Hall–Kier alpha value is -7.48. The van der Waals surface area contributed by atoms with Crippen LogP contribution < -0.4 is 47.4 Å². The number of amidine groups is 3. The second-order valence-corrected chi connectivity index (χ2v) is 26.9. The number of carbonyl (C=O) groups is 3. The summed E-state index contributed by atoms with van der Waals surface area (Å²) in [5, 5.41) is 13.0. The van der Waals surface area contributed by atoms with Crippen molar-refractivity contribution in [1.82, 2.24) is 29.9 Å². The predicted octanol–water partition coefficient (Wildman–Crippen LogP) is 9.61. The monoisotopic (exact) mass is 1390 g/mol. The summed E-state index contributed by atoms with van der Waals surface area (Å²) >= 11 is 7.17. The molecule has 3 saturated heterocycles. The fourth-order valence-electron chi connectivity index (χ4n) is 11.0. The number of amides is 3. The number of anilines is 3. The maximum absolute atomic E-state index is 14.9. The molecular formula is C57H60F7N15O9S5. The van der Waals surface area contributed by atoms with Gasteiger partial charge in [-0.25, -0.2) is 49.3 Å². The normalized spacial score (nSPS) is 25.6. The molecule has 0 unspecified atom stereocenters. The number of aromatic nitrogens is 6. The number of halogens is 7. The van der Waals surface area contributed by atoms with Gasteiger partial charge in [0.25, 0.3) is 17.7 Å². The van der Waals surface area contributed by atoms with Crippen molar-refractivity contribution in [3.05, 3.63) is 117 Å². The summed E-state index contributed by atoms with van der Waals surface area (Å²) in [6, 6.07) is 8.83. The van der Waals surface area contributed by atoms with Gasteiger partial charge in [-0.05, 0) is 95.0 Å². The second kappa shape index (κ2) is 29.4. The molecule has 0 radical (unpaired) electrons. The van der Waals surface area contributed by atoms with Crippen molar-refractivity contribution < 1.29 is 73.5 Å². The van der Waals surface area contributed by atoms with E-state index >= 15 is 0 Å². The first kappa shape index (κ1) is 68.4. The van der Waals surface area contributed by atoms with Gasteiger partial charge in [-0.2, -0.15) is 26.3 Å². The summed E-state index contributed by atoms with van der Waals surface area (Å²) in [5.41, 5.74) is 16.1. The molecule has 36 heteroatoms. The zero-order chi connectivity index (χ0) is 66.4. The summed E-state index contributed by atoms with van der Waals surface area (Å²) in [4.78, 5) is 76.7. The number of alkyl halides is 6. The third kappa shape index (κ3) is 16.2. The van der Waals surface area contributed by atoms with Crippen molar-refractivity contribution in [1.29, 1.82) is 0 Å². The molecule has 0 bridgehead atoms. The van der Waals surface area contributed by atoms with Gasteiger partial charge in [0, 0.05) is 40.4 Å². The first-order valence-corrected chi connectivity index (χ1v) is 33.1. The van der Waals surface area contributed by atoms with Crippen LogP contribution in [0.3, 0.4) is 0 Å². The molecule has 3 fully saturated rings. The number of nitrogens with one attached hydrogen (secondary N) is 3. The first-order chi connectivity index (χ1) is 44.4. The Bertz CT molecular complexity index is 3770. The van der Waals surface area contributed by atoms with Crippen molar-refractivity contribution in [2.75, 3.05) is 53.0 Å². The summed E-state index contributed by atoms with van der Waals surface area (Å²) in [5.74, 6) is 0.558. The van der Waals surface area contributed by atoms with E-state index in [0.717, 1.165) is 53.0 Å². The van der Waals surface area contributed by atoms with Gasteiger partial charge in [-0.3, -0.25) is 14.4 Å². The quantitative estimate of drug-likeness (QED) is 0.0521. The molecule has 6 aromatic heterocycles. The number of ether oxygens (including phenoxy) is 6. The van der Waals surface area contributed by atoms with E-state index in [9.17, 15) is 45.1 Å². The molecule has 12 heterocycles. The van der Waals surface area contributed by atoms with E-state index in [4.69, 9.17) is 41.4 Å². The lowest BCUT2D eigenvalue weighted by Gasteiger charge is -2.45. The van der Waals surface area contributed by atoms with Crippen molar-refractivity contribution in [2.45, 2.75) is 102 Å². The van der Waals surface area contributed by atoms with Crippen LogP contribution in [0.15, 0.2) is 87.6 Å².